The fourth-order valence-corrected chi connectivity index (χ4v) is 7.73. The van der Waals surface area contributed by atoms with Crippen LogP contribution in [0.1, 0.15) is 49.4 Å². The highest BCUT2D eigenvalue weighted by atomic mass is 79.9. The number of aryl methyl sites for hydroxylation is 2. The first kappa shape index (κ1) is 24.0. The number of sulfonamides is 1. The van der Waals surface area contributed by atoms with E-state index in [1.165, 1.54) is 10.4 Å². The maximum atomic E-state index is 13.6. The first-order chi connectivity index (χ1) is 16.3. The number of halogens is 1. The van der Waals surface area contributed by atoms with E-state index in [0.717, 1.165) is 61.3 Å². The molecule has 182 valence electrons. The Hall–Kier alpha value is -1.75. The molecule has 2 aliphatic rings. The van der Waals surface area contributed by atoms with Crippen molar-refractivity contribution >= 4 is 53.3 Å². The molecule has 34 heavy (non-hydrogen) atoms. The Morgan fingerprint density at radius 1 is 1.24 bits per heavy atom. The number of thiophene rings is 1. The average molecular weight is 566 g/mol. The highest BCUT2D eigenvalue weighted by Gasteiger charge is 2.27. The van der Waals surface area contributed by atoms with E-state index >= 15 is 0 Å². The van der Waals surface area contributed by atoms with E-state index in [1.54, 1.807) is 29.5 Å². The zero-order valence-electron chi connectivity index (χ0n) is 19.4. The maximum Gasteiger partial charge on any atom is 0.266 e. The molecule has 1 aromatic carbocycles. The van der Waals surface area contributed by atoms with Gasteiger partial charge in [-0.15, -0.1) is 11.3 Å². The zero-order valence-corrected chi connectivity index (χ0v) is 22.7. The SMILES string of the molecule is CCOc1ccc(Br)cc1S(=O)(=O)Nc1nc(CN2CCC(C)CC2)nc2sc3c(c12)CCC3. The van der Waals surface area contributed by atoms with Gasteiger partial charge in [0.05, 0.1) is 18.5 Å². The summed E-state index contributed by atoms with van der Waals surface area (Å²) in [6, 6.07) is 5.01. The molecule has 1 aliphatic heterocycles. The van der Waals surface area contributed by atoms with Crippen molar-refractivity contribution in [3.63, 3.8) is 0 Å². The van der Waals surface area contributed by atoms with Gasteiger partial charge in [0, 0.05) is 9.35 Å². The van der Waals surface area contributed by atoms with Crippen LogP contribution in [-0.4, -0.2) is 43.0 Å². The number of rotatable bonds is 7. The molecule has 1 fully saturated rings. The molecule has 3 heterocycles. The molecule has 5 rings (SSSR count). The monoisotopic (exact) mass is 564 g/mol. The molecule has 10 heteroatoms. The summed E-state index contributed by atoms with van der Waals surface area (Å²) in [6.07, 6.45) is 5.35. The van der Waals surface area contributed by atoms with Crippen molar-refractivity contribution < 1.29 is 13.2 Å². The maximum absolute atomic E-state index is 13.6. The molecule has 1 N–H and O–H groups in total. The lowest BCUT2D eigenvalue weighted by molar-refractivity contribution is 0.181. The van der Waals surface area contributed by atoms with E-state index in [-0.39, 0.29) is 4.90 Å². The van der Waals surface area contributed by atoms with Crippen LogP contribution in [0.25, 0.3) is 10.2 Å². The van der Waals surface area contributed by atoms with E-state index in [2.05, 4.69) is 32.5 Å². The molecule has 1 saturated heterocycles. The van der Waals surface area contributed by atoms with E-state index in [1.807, 2.05) is 6.92 Å². The van der Waals surface area contributed by atoms with Crippen LogP contribution < -0.4 is 9.46 Å². The van der Waals surface area contributed by atoms with Crippen LogP contribution in [0.4, 0.5) is 5.82 Å². The molecule has 1 aliphatic carbocycles. The molecule has 0 bridgehead atoms. The fourth-order valence-electron chi connectivity index (χ4n) is 4.75. The predicted molar refractivity (Wildman–Crippen MR) is 139 cm³/mol. The van der Waals surface area contributed by atoms with E-state index < -0.39 is 10.0 Å². The van der Waals surface area contributed by atoms with Crippen LogP contribution in [0.15, 0.2) is 27.6 Å². The minimum atomic E-state index is -3.94. The van der Waals surface area contributed by atoms with Gasteiger partial charge in [0.1, 0.15) is 21.3 Å². The molecular weight excluding hydrogens is 536 g/mol. The van der Waals surface area contributed by atoms with Crippen molar-refractivity contribution in [3.8, 4) is 5.75 Å². The van der Waals surface area contributed by atoms with Crippen LogP contribution in [0.5, 0.6) is 5.75 Å². The van der Waals surface area contributed by atoms with Crippen LogP contribution in [0, 0.1) is 5.92 Å². The van der Waals surface area contributed by atoms with Crippen LogP contribution in [0.2, 0.25) is 0 Å². The van der Waals surface area contributed by atoms with Crippen LogP contribution >= 0.6 is 27.3 Å². The number of ether oxygens (including phenoxy) is 1. The first-order valence-corrected chi connectivity index (χ1v) is 14.9. The van der Waals surface area contributed by atoms with Gasteiger partial charge in [-0.1, -0.05) is 22.9 Å². The Morgan fingerprint density at radius 3 is 2.79 bits per heavy atom. The minimum absolute atomic E-state index is 0.0916. The number of aromatic nitrogens is 2. The lowest BCUT2D eigenvalue weighted by atomic mass is 9.99. The zero-order chi connectivity index (χ0) is 23.9. The molecule has 0 radical (unpaired) electrons. The summed E-state index contributed by atoms with van der Waals surface area (Å²) in [6.45, 7) is 7.15. The fraction of sp³-hybridized carbons (Fsp3) is 0.500. The van der Waals surface area contributed by atoms with Crippen molar-refractivity contribution in [2.75, 3.05) is 24.4 Å². The van der Waals surface area contributed by atoms with Gasteiger partial charge >= 0.3 is 0 Å². The van der Waals surface area contributed by atoms with Gasteiger partial charge in [0.15, 0.2) is 5.82 Å². The smallest absolute Gasteiger partial charge is 0.266 e. The molecule has 0 spiro atoms. The normalized spacial score (nSPS) is 17.3. The number of hydrogen-bond acceptors (Lipinski definition) is 7. The summed E-state index contributed by atoms with van der Waals surface area (Å²) in [4.78, 5) is 14.3. The summed E-state index contributed by atoms with van der Waals surface area (Å²) in [7, 11) is -3.94. The van der Waals surface area contributed by atoms with Crippen molar-refractivity contribution in [1.29, 1.82) is 0 Å². The highest BCUT2D eigenvalue weighted by molar-refractivity contribution is 9.10. The Balaban J connectivity index is 1.55. The number of benzene rings is 1. The Labute approximate surface area is 213 Å². The number of anilines is 1. The molecule has 2 aromatic heterocycles. The lowest BCUT2D eigenvalue weighted by Crippen LogP contribution is -2.33. The molecule has 7 nitrogen and oxygen atoms in total. The second kappa shape index (κ2) is 9.72. The third-order valence-corrected chi connectivity index (χ3v) is 9.62. The second-order valence-corrected chi connectivity index (χ2v) is 12.8. The molecule has 0 saturated carbocycles. The molecule has 0 atom stereocenters. The quantitative estimate of drug-likeness (QED) is 0.415. The number of nitrogens with one attached hydrogen (secondary N) is 1. The number of nitrogens with zero attached hydrogens (tertiary/aromatic N) is 3. The highest BCUT2D eigenvalue weighted by Crippen LogP contribution is 2.40. The molecular formula is C24H29BrN4O3S2. The number of piperidine rings is 1. The van der Waals surface area contributed by atoms with Crippen molar-refractivity contribution in [2.45, 2.75) is 57.4 Å². The third-order valence-electron chi connectivity index (χ3n) is 6.58. The average Bonchev–Trinajstić information content (AvgIpc) is 3.37. The van der Waals surface area contributed by atoms with E-state index in [9.17, 15) is 8.42 Å². The number of hydrogen-bond donors (Lipinski definition) is 1. The number of fused-ring (bicyclic) bond motifs is 3. The Bertz CT molecular complexity index is 1320. The third kappa shape index (κ3) is 4.82. The summed E-state index contributed by atoms with van der Waals surface area (Å²) in [5.74, 6) is 2.11. The van der Waals surface area contributed by atoms with Crippen LogP contribution in [0.3, 0.4) is 0 Å². The van der Waals surface area contributed by atoms with Gasteiger partial charge < -0.3 is 4.74 Å². The standard InChI is InChI=1S/C24H29BrN4O3S2/c1-3-32-18-8-7-16(25)13-20(18)34(30,31)28-23-22-17-5-4-6-19(17)33-24(22)27-21(26-23)14-29-11-9-15(2)10-12-29/h7-8,13,15H,3-6,9-12,14H2,1-2H3,(H,26,27,28). The summed E-state index contributed by atoms with van der Waals surface area (Å²) in [5, 5.41) is 0.852. The minimum Gasteiger partial charge on any atom is -0.492 e. The Morgan fingerprint density at radius 2 is 2.03 bits per heavy atom. The molecule has 0 unspecified atom stereocenters. The molecule has 3 aromatic rings. The first-order valence-electron chi connectivity index (χ1n) is 11.8. The Kier molecular flexibility index (Phi) is 6.85. The number of likely N-dealkylation sites (tertiary alicyclic amines) is 1. The van der Waals surface area contributed by atoms with Gasteiger partial charge in [0.2, 0.25) is 0 Å². The predicted octanol–water partition coefficient (Wildman–Crippen LogP) is 5.37. The largest absolute Gasteiger partial charge is 0.492 e. The van der Waals surface area contributed by atoms with Gasteiger partial charge in [-0.2, -0.15) is 0 Å². The van der Waals surface area contributed by atoms with E-state index in [0.29, 0.717) is 35.0 Å². The summed E-state index contributed by atoms with van der Waals surface area (Å²) in [5.41, 5.74) is 1.19. The van der Waals surface area contributed by atoms with Crippen molar-refractivity contribution in [1.82, 2.24) is 14.9 Å². The van der Waals surface area contributed by atoms with Gasteiger partial charge in [0.25, 0.3) is 10.0 Å². The lowest BCUT2D eigenvalue weighted by Gasteiger charge is -2.29. The summed E-state index contributed by atoms with van der Waals surface area (Å²) < 4.78 is 36.2. The van der Waals surface area contributed by atoms with Gasteiger partial charge in [-0.3, -0.25) is 9.62 Å². The topological polar surface area (TPSA) is 84.4 Å². The van der Waals surface area contributed by atoms with Crippen molar-refractivity contribution in [3.05, 3.63) is 38.9 Å². The van der Waals surface area contributed by atoms with Gasteiger partial charge in [-0.25, -0.2) is 18.4 Å². The van der Waals surface area contributed by atoms with Crippen molar-refractivity contribution in [2.24, 2.45) is 5.92 Å². The second-order valence-electron chi connectivity index (χ2n) is 9.11. The summed E-state index contributed by atoms with van der Waals surface area (Å²) >= 11 is 5.07. The van der Waals surface area contributed by atoms with Gasteiger partial charge in [-0.05, 0) is 81.8 Å². The van der Waals surface area contributed by atoms with E-state index in [4.69, 9.17) is 14.7 Å². The molecule has 0 amide bonds. The van der Waals surface area contributed by atoms with Crippen LogP contribution in [-0.2, 0) is 29.4 Å².